The highest BCUT2D eigenvalue weighted by molar-refractivity contribution is 7.89. The molecule has 0 radical (unpaired) electrons. The van der Waals surface area contributed by atoms with Gasteiger partial charge in [0.1, 0.15) is 0 Å². The van der Waals surface area contributed by atoms with Crippen LogP contribution in [-0.4, -0.2) is 36.9 Å². The molecule has 1 aromatic carbocycles. The number of hydrogen-bond acceptors (Lipinski definition) is 5. The third-order valence-corrected chi connectivity index (χ3v) is 6.04. The molecule has 0 saturated carbocycles. The second kappa shape index (κ2) is 7.37. The van der Waals surface area contributed by atoms with Crippen LogP contribution in [0.4, 0.5) is 5.69 Å². The van der Waals surface area contributed by atoms with Crippen LogP contribution in [0, 0.1) is 6.92 Å². The van der Waals surface area contributed by atoms with Crippen molar-refractivity contribution in [1.29, 1.82) is 0 Å². The van der Waals surface area contributed by atoms with Crippen molar-refractivity contribution < 1.29 is 17.7 Å². The second-order valence-electron chi connectivity index (χ2n) is 6.13. The SMILES string of the molecule is Cc1cc(C(=O)Nc2cccc(S(=O)(=O)N3CCCCCC3)c2)on1. The standard InChI is InChI=1S/C17H21N3O4S/c1-13-11-16(24-19-13)17(21)18-14-7-6-8-15(12-14)25(22,23)20-9-4-2-3-5-10-20/h6-8,11-12H,2-5,9-10H2,1H3,(H,18,21). The Kier molecular flexibility index (Phi) is 5.19. The lowest BCUT2D eigenvalue weighted by molar-refractivity contribution is 0.0988. The van der Waals surface area contributed by atoms with Crippen molar-refractivity contribution in [2.45, 2.75) is 37.5 Å². The van der Waals surface area contributed by atoms with Crippen LogP contribution < -0.4 is 5.32 Å². The first-order valence-electron chi connectivity index (χ1n) is 8.32. The molecule has 1 amide bonds. The van der Waals surface area contributed by atoms with Crippen LogP contribution in [0.3, 0.4) is 0 Å². The van der Waals surface area contributed by atoms with E-state index in [1.165, 1.54) is 16.4 Å². The molecule has 25 heavy (non-hydrogen) atoms. The van der Waals surface area contributed by atoms with Crippen molar-refractivity contribution in [3.05, 3.63) is 41.8 Å². The van der Waals surface area contributed by atoms with E-state index in [0.717, 1.165) is 25.7 Å². The lowest BCUT2D eigenvalue weighted by Crippen LogP contribution is -2.32. The van der Waals surface area contributed by atoms with Crippen molar-refractivity contribution in [3.8, 4) is 0 Å². The maximum absolute atomic E-state index is 12.8. The van der Waals surface area contributed by atoms with Crippen LogP contribution in [0.15, 0.2) is 39.8 Å². The fraction of sp³-hybridized carbons (Fsp3) is 0.412. The average molecular weight is 363 g/mol. The molecule has 7 nitrogen and oxygen atoms in total. The molecule has 2 aromatic rings. The van der Waals surface area contributed by atoms with Crippen LogP contribution in [0.1, 0.15) is 41.9 Å². The summed E-state index contributed by atoms with van der Waals surface area (Å²) in [5.41, 5.74) is 0.998. The van der Waals surface area contributed by atoms with E-state index >= 15 is 0 Å². The van der Waals surface area contributed by atoms with E-state index in [1.807, 2.05) is 0 Å². The van der Waals surface area contributed by atoms with Gasteiger partial charge in [-0.1, -0.05) is 24.1 Å². The number of aryl methyl sites for hydroxylation is 1. The molecule has 1 aliphatic rings. The first kappa shape index (κ1) is 17.6. The molecule has 0 bridgehead atoms. The number of nitrogens with one attached hydrogen (secondary N) is 1. The molecular weight excluding hydrogens is 342 g/mol. The molecule has 2 heterocycles. The quantitative estimate of drug-likeness (QED) is 0.902. The van der Waals surface area contributed by atoms with Gasteiger partial charge >= 0.3 is 0 Å². The number of nitrogens with zero attached hydrogens (tertiary/aromatic N) is 2. The molecule has 3 rings (SSSR count). The van der Waals surface area contributed by atoms with Gasteiger partial charge in [-0.05, 0) is 38.0 Å². The number of amides is 1. The normalized spacial score (nSPS) is 16.4. The molecule has 134 valence electrons. The Bertz CT molecular complexity index is 852. The molecule has 0 aliphatic carbocycles. The van der Waals surface area contributed by atoms with Gasteiger partial charge in [-0.2, -0.15) is 4.31 Å². The Balaban J connectivity index is 1.79. The lowest BCUT2D eigenvalue weighted by Gasteiger charge is -2.20. The van der Waals surface area contributed by atoms with Crippen molar-refractivity contribution in [2.24, 2.45) is 0 Å². The Hall–Kier alpha value is -2.19. The predicted molar refractivity (Wildman–Crippen MR) is 92.9 cm³/mol. The first-order chi connectivity index (χ1) is 12.0. The van der Waals surface area contributed by atoms with Crippen molar-refractivity contribution >= 4 is 21.6 Å². The molecular formula is C17H21N3O4S. The lowest BCUT2D eigenvalue weighted by atomic mass is 10.2. The number of aromatic nitrogens is 1. The predicted octanol–water partition coefficient (Wildman–Crippen LogP) is 2.80. The third-order valence-electron chi connectivity index (χ3n) is 4.15. The van der Waals surface area contributed by atoms with Gasteiger partial charge in [0.05, 0.1) is 10.6 Å². The summed E-state index contributed by atoms with van der Waals surface area (Å²) in [7, 11) is -3.56. The number of benzene rings is 1. The van der Waals surface area contributed by atoms with Crippen LogP contribution in [0.25, 0.3) is 0 Å². The zero-order valence-corrected chi connectivity index (χ0v) is 14.9. The van der Waals surface area contributed by atoms with Crippen LogP contribution in [-0.2, 0) is 10.0 Å². The number of carbonyl (C=O) groups excluding carboxylic acids is 1. The zero-order chi connectivity index (χ0) is 17.9. The Morgan fingerprint density at radius 1 is 1.16 bits per heavy atom. The van der Waals surface area contributed by atoms with Gasteiger partial charge < -0.3 is 9.84 Å². The molecule has 0 unspecified atom stereocenters. The number of rotatable bonds is 4. The van der Waals surface area contributed by atoms with Crippen molar-refractivity contribution in [2.75, 3.05) is 18.4 Å². The summed E-state index contributed by atoms with van der Waals surface area (Å²) in [5.74, 6) is -0.386. The Morgan fingerprint density at radius 2 is 1.88 bits per heavy atom. The molecule has 1 N–H and O–H groups in total. The zero-order valence-electron chi connectivity index (χ0n) is 14.1. The average Bonchev–Trinajstić information content (AvgIpc) is 2.85. The van der Waals surface area contributed by atoms with E-state index < -0.39 is 15.9 Å². The number of anilines is 1. The molecule has 1 aliphatic heterocycles. The molecule has 1 aromatic heterocycles. The maximum atomic E-state index is 12.8. The highest BCUT2D eigenvalue weighted by Gasteiger charge is 2.25. The van der Waals surface area contributed by atoms with E-state index in [-0.39, 0.29) is 10.7 Å². The summed E-state index contributed by atoms with van der Waals surface area (Å²) in [5, 5.41) is 6.31. The maximum Gasteiger partial charge on any atom is 0.294 e. The van der Waals surface area contributed by atoms with Gasteiger partial charge in [-0.15, -0.1) is 0 Å². The van der Waals surface area contributed by atoms with Gasteiger partial charge in [-0.3, -0.25) is 4.79 Å². The van der Waals surface area contributed by atoms with Crippen molar-refractivity contribution in [3.63, 3.8) is 0 Å². The largest absolute Gasteiger partial charge is 0.351 e. The number of carbonyl (C=O) groups is 1. The molecule has 1 saturated heterocycles. The van der Waals surface area contributed by atoms with Crippen LogP contribution in [0.5, 0.6) is 0 Å². The summed E-state index contributed by atoms with van der Waals surface area (Å²) in [4.78, 5) is 12.3. The van der Waals surface area contributed by atoms with Gasteiger partial charge in [-0.25, -0.2) is 8.42 Å². The minimum absolute atomic E-state index is 0.0817. The second-order valence-corrected chi connectivity index (χ2v) is 8.07. The highest BCUT2D eigenvalue weighted by Crippen LogP contribution is 2.23. The monoisotopic (exact) mass is 363 g/mol. The first-order valence-corrected chi connectivity index (χ1v) is 9.76. The van der Waals surface area contributed by atoms with E-state index in [4.69, 9.17) is 4.52 Å². The summed E-state index contributed by atoms with van der Waals surface area (Å²) in [6.07, 6.45) is 3.86. The van der Waals surface area contributed by atoms with E-state index in [2.05, 4.69) is 10.5 Å². The van der Waals surface area contributed by atoms with Gasteiger partial charge in [0.2, 0.25) is 15.8 Å². The van der Waals surface area contributed by atoms with Gasteiger partial charge in [0.15, 0.2) is 0 Å². The van der Waals surface area contributed by atoms with Gasteiger partial charge in [0.25, 0.3) is 5.91 Å². The van der Waals surface area contributed by atoms with E-state index in [9.17, 15) is 13.2 Å². The van der Waals surface area contributed by atoms with E-state index in [0.29, 0.717) is 24.5 Å². The fourth-order valence-corrected chi connectivity index (χ4v) is 4.39. The van der Waals surface area contributed by atoms with E-state index in [1.54, 1.807) is 25.1 Å². The van der Waals surface area contributed by atoms with Crippen LogP contribution >= 0.6 is 0 Å². The minimum Gasteiger partial charge on any atom is -0.351 e. The number of hydrogen-bond donors (Lipinski definition) is 1. The molecule has 8 heteroatoms. The van der Waals surface area contributed by atoms with Crippen LogP contribution in [0.2, 0.25) is 0 Å². The molecule has 0 spiro atoms. The van der Waals surface area contributed by atoms with Crippen molar-refractivity contribution in [1.82, 2.24) is 9.46 Å². The third kappa shape index (κ3) is 4.08. The molecule has 0 atom stereocenters. The molecule has 1 fully saturated rings. The smallest absolute Gasteiger partial charge is 0.294 e. The number of sulfonamides is 1. The summed E-state index contributed by atoms with van der Waals surface area (Å²) in [6.45, 7) is 2.79. The topological polar surface area (TPSA) is 92.5 Å². The summed E-state index contributed by atoms with van der Waals surface area (Å²) >= 11 is 0. The Labute approximate surface area is 147 Å². The minimum atomic E-state index is -3.56. The van der Waals surface area contributed by atoms with Gasteiger partial charge in [0, 0.05) is 24.8 Å². The summed E-state index contributed by atoms with van der Waals surface area (Å²) in [6, 6.07) is 7.80. The summed E-state index contributed by atoms with van der Waals surface area (Å²) < 4.78 is 32.1. The fourth-order valence-electron chi connectivity index (χ4n) is 2.83. The highest BCUT2D eigenvalue weighted by atomic mass is 32.2. The Morgan fingerprint density at radius 3 is 2.52 bits per heavy atom.